The predicted molar refractivity (Wildman–Crippen MR) is 163 cm³/mol. The molecule has 42 heavy (non-hydrogen) atoms. The first-order valence-electron chi connectivity index (χ1n) is 14.1. The monoisotopic (exact) mass is 599 g/mol. The number of hydrogen-bond donors (Lipinski definition) is 1. The fourth-order valence-electron chi connectivity index (χ4n) is 6.93. The fraction of sp³-hybridized carbons (Fsp3) is 0.344. The number of aromatic nitrogens is 2. The molecule has 1 N–H and O–H groups in total. The molecule has 216 valence electrons. The van der Waals surface area contributed by atoms with Gasteiger partial charge in [-0.05, 0) is 80.7 Å². The summed E-state index contributed by atoms with van der Waals surface area (Å²) in [7, 11) is 0.212. The predicted octanol–water partition coefficient (Wildman–Crippen LogP) is 5.77. The Kier molecular flexibility index (Phi) is 7.51. The van der Waals surface area contributed by atoms with E-state index < -0.39 is 10.0 Å². The summed E-state index contributed by atoms with van der Waals surface area (Å²) >= 11 is 0.939. The Hall–Kier alpha value is -3.78. The van der Waals surface area contributed by atoms with Gasteiger partial charge in [0.15, 0.2) is 0 Å². The van der Waals surface area contributed by atoms with Gasteiger partial charge in [0.25, 0.3) is 10.0 Å². The van der Waals surface area contributed by atoms with E-state index in [0.29, 0.717) is 11.7 Å². The van der Waals surface area contributed by atoms with Crippen molar-refractivity contribution in [3.63, 3.8) is 0 Å². The normalized spacial score (nSPS) is 20.3. The van der Waals surface area contributed by atoms with E-state index in [9.17, 15) is 13.7 Å². The number of nitriles is 1. The lowest BCUT2D eigenvalue weighted by Gasteiger charge is -2.51. The Bertz CT molecular complexity index is 1700. The zero-order valence-corrected chi connectivity index (χ0v) is 25.5. The second kappa shape index (κ2) is 11.1. The van der Waals surface area contributed by atoms with Gasteiger partial charge >= 0.3 is 0 Å². The van der Waals surface area contributed by atoms with Gasteiger partial charge in [-0.25, -0.2) is 13.4 Å². The lowest BCUT2D eigenvalue weighted by molar-refractivity contribution is 0.102. The van der Waals surface area contributed by atoms with Crippen LogP contribution < -0.4 is 9.46 Å². The second-order valence-corrected chi connectivity index (χ2v) is 14.0. The molecule has 1 aromatic heterocycles. The van der Waals surface area contributed by atoms with Crippen LogP contribution in [0.5, 0.6) is 5.75 Å². The van der Waals surface area contributed by atoms with Gasteiger partial charge in [0.2, 0.25) is 5.13 Å². The van der Waals surface area contributed by atoms with Crippen molar-refractivity contribution in [3.8, 4) is 11.8 Å². The van der Waals surface area contributed by atoms with E-state index in [1.165, 1.54) is 40.7 Å². The molecule has 3 aliphatic carbocycles. The standard InChI is InChI=1S/C32H33N5O3S2/c1-21(40-30-13-12-24(16-22(30)18-33)42(38,39)36-31-34-20-35-41-31)23(19-37(2)3)17-32-15-14-25(26-8-4-6-10-28(26)32)27-9-5-7-11-29(27)32/h4-13,16,20-21,23,25H,14-15,17,19H2,1-3H3,(H,34,35,36). The van der Waals surface area contributed by atoms with Crippen LogP contribution in [-0.4, -0.2) is 49.4 Å². The quantitative estimate of drug-likeness (QED) is 0.247. The molecule has 2 unspecified atom stereocenters. The molecule has 7 rings (SSSR count). The summed E-state index contributed by atoms with van der Waals surface area (Å²) in [6, 6.07) is 24.3. The van der Waals surface area contributed by atoms with E-state index in [2.05, 4.69) is 94.6 Å². The van der Waals surface area contributed by atoms with E-state index in [0.717, 1.165) is 37.3 Å². The van der Waals surface area contributed by atoms with Gasteiger partial charge in [-0.1, -0.05) is 48.5 Å². The van der Waals surface area contributed by atoms with Crippen molar-refractivity contribution in [2.75, 3.05) is 25.4 Å². The summed E-state index contributed by atoms with van der Waals surface area (Å²) in [5.74, 6) is 0.939. The Morgan fingerprint density at radius 2 is 1.81 bits per heavy atom. The van der Waals surface area contributed by atoms with Crippen LogP contribution in [0.25, 0.3) is 0 Å². The Morgan fingerprint density at radius 3 is 2.43 bits per heavy atom. The van der Waals surface area contributed by atoms with Crippen molar-refractivity contribution < 1.29 is 13.2 Å². The highest BCUT2D eigenvalue weighted by molar-refractivity contribution is 7.93. The van der Waals surface area contributed by atoms with Crippen LogP contribution >= 0.6 is 11.5 Å². The summed E-state index contributed by atoms with van der Waals surface area (Å²) in [4.78, 5) is 6.04. The molecule has 3 aliphatic rings. The molecule has 8 nitrogen and oxygen atoms in total. The highest BCUT2D eigenvalue weighted by Crippen LogP contribution is 2.58. The molecule has 3 aromatic carbocycles. The summed E-state index contributed by atoms with van der Waals surface area (Å²) in [6.07, 6.45) is 4.14. The second-order valence-electron chi connectivity index (χ2n) is 11.5. The lowest BCUT2D eigenvalue weighted by Crippen LogP contribution is -2.45. The van der Waals surface area contributed by atoms with Crippen LogP contribution in [0.3, 0.4) is 0 Å². The molecule has 0 aliphatic heterocycles. The van der Waals surface area contributed by atoms with Crippen LogP contribution in [0, 0.1) is 17.2 Å². The molecular formula is C32H33N5O3S2. The molecule has 1 heterocycles. The summed E-state index contributed by atoms with van der Waals surface area (Å²) in [5, 5.41) is 10.1. The minimum Gasteiger partial charge on any atom is -0.489 e. The molecular weight excluding hydrogens is 567 g/mol. The van der Waals surface area contributed by atoms with E-state index in [1.54, 1.807) is 6.07 Å². The molecule has 2 bridgehead atoms. The van der Waals surface area contributed by atoms with Crippen LogP contribution in [0.2, 0.25) is 0 Å². The number of rotatable bonds is 10. The van der Waals surface area contributed by atoms with E-state index in [1.807, 2.05) is 0 Å². The number of anilines is 1. The third-order valence-electron chi connectivity index (χ3n) is 8.72. The van der Waals surface area contributed by atoms with Crippen molar-refractivity contribution in [3.05, 3.63) is 101 Å². The van der Waals surface area contributed by atoms with Gasteiger partial charge in [0.1, 0.15) is 24.3 Å². The number of ether oxygens (including phenoxy) is 1. The van der Waals surface area contributed by atoms with Crippen LogP contribution in [0.4, 0.5) is 5.13 Å². The maximum atomic E-state index is 12.9. The van der Waals surface area contributed by atoms with Crippen molar-refractivity contribution in [2.45, 2.75) is 48.5 Å². The molecule has 0 radical (unpaired) electrons. The maximum absolute atomic E-state index is 12.9. The molecule has 4 aromatic rings. The number of hydrogen-bond acceptors (Lipinski definition) is 8. The summed E-state index contributed by atoms with van der Waals surface area (Å²) < 4.78 is 38.5. The van der Waals surface area contributed by atoms with Gasteiger partial charge in [0, 0.05) is 35.3 Å². The maximum Gasteiger partial charge on any atom is 0.263 e. The van der Waals surface area contributed by atoms with Gasteiger partial charge in [-0.2, -0.15) is 9.64 Å². The Balaban J connectivity index is 1.31. The number of fused-ring (bicyclic) bond motifs is 1. The highest BCUT2D eigenvalue weighted by Gasteiger charge is 2.49. The summed E-state index contributed by atoms with van der Waals surface area (Å²) in [5.41, 5.74) is 5.76. The number of sulfonamides is 1. The van der Waals surface area contributed by atoms with Crippen LogP contribution in [-0.2, 0) is 15.4 Å². The van der Waals surface area contributed by atoms with Crippen molar-refractivity contribution in [2.24, 2.45) is 5.92 Å². The molecule has 0 spiro atoms. The topological polar surface area (TPSA) is 108 Å². The molecule has 2 atom stereocenters. The largest absolute Gasteiger partial charge is 0.489 e. The summed E-state index contributed by atoms with van der Waals surface area (Å²) in [6.45, 7) is 2.86. The van der Waals surface area contributed by atoms with Gasteiger partial charge < -0.3 is 9.64 Å². The van der Waals surface area contributed by atoms with Gasteiger partial charge in [-0.3, -0.25) is 4.72 Å². The molecule has 0 saturated heterocycles. The zero-order valence-electron chi connectivity index (χ0n) is 23.8. The van der Waals surface area contributed by atoms with Crippen molar-refractivity contribution in [1.29, 1.82) is 5.26 Å². The van der Waals surface area contributed by atoms with Gasteiger partial charge in [-0.15, -0.1) is 0 Å². The third kappa shape index (κ3) is 5.06. The van der Waals surface area contributed by atoms with E-state index >= 15 is 0 Å². The van der Waals surface area contributed by atoms with Crippen LogP contribution in [0.15, 0.2) is 78.0 Å². The average Bonchev–Trinajstić information content (AvgIpc) is 3.49. The molecule has 0 fully saturated rings. The highest BCUT2D eigenvalue weighted by atomic mass is 32.2. The van der Waals surface area contributed by atoms with Crippen LogP contribution in [0.1, 0.15) is 59.9 Å². The van der Waals surface area contributed by atoms with E-state index in [-0.39, 0.29) is 33.0 Å². The first kappa shape index (κ1) is 28.3. The van der Waals surface area contributed by atoms with E-state index in [4.69, 9.17) is 4.74 Å². The number of nitrogens with zero attached hydrogens (tertiary/aromatic N) is 4. The average molecular weight is 600 g/mol. The Labute approximate surface area is 251 Å². The van der Waals surface area contributed by atoms with Crippen molar-refractivity contribution in [1.82, 2.24) is 14.3 Å². The number of nitrogens with one attached hydrogen (secondary N) is 1. The minimum atomic E-state index is -3.93. The molecule has 0 saturated carbocycles. The SMILES string of the molecule is CC(Oc1ccc(S(=O)(=O)Nc2ncns2)cc1C#N)C(CN(C)C)CC12CCC(c3ccccc31)c1ccccc12. The first-order chi connectivity index (χ1) is 20.2. The van der Waals surface area contributed by atoms with Gasteiger partial charge in [0.05, 0.1) is 10.5 Å². The Morgan fingerprint density at radius 1 is 1.12 bits per heavy atom. The first-order valence-corrected chi connectivity index (χ1v) is 16.3. The van der Waals surface area contributed by atoms with Crippen molar-refractivity contribution >= 4 is 26.7 Å². The minimum absolute atomic E-state index is 0.0369. The fourth-order valence-corrected chi connectivity index (χ4v) is 8.62. The molecule has 10 heteroatoms. The lowest BCUT2D eigenvalue weighted by atomic mass is 9.53. The molecule has 0 amide bonds. The smallest absolute Gasteiger partial charge is 0.263 e. The number of benzene rings is 3. The third-order valence-corrected chi connectivity index (χ3v) is 10.8. The zero-order chi connectivity index (χ0) is 29.5.